The minimum atomic E-state index is -2.93. The van der Waals surface area contributed by atoms with Gasteiger partial charge in [-0.05, 0) is 24.6 Å². The highest BCUT2D eigenvalue weighted by molar-refractivity contribution is 5.94. The number of allylic oxidation sites excluding steroid dienone is 1. The standard InChI is InChI=1S/C11H8F2O/c1-7(14)9-3-2-8-4-5-11(12,13)10(8)6-9/h2-6H,1H3. The molecule has 0 aromatic heterocycles. The molecule has 0 saturated carbocycles. The number of halogens is 2. The fourth-order valence-electron chi connectivity index (χ4n) is 1.49. The molecule has 1 aromatic carbocycles. The molecule has 0 N–H and O–H groups in total. The number of rotatable bonds is 1. The Kier molecular flexibility index (Phi) is 1.77. The van der Waals surface area contributed by atoms with Crippen LogP contribution in [0.2, 0.25) is 0 Å². The molecule has 3 heteroatoms. The van der Waals surface area contributed by atoms with Crippen molar-refractivity contribution in [1.29, 1.82) is 0 Å². The summed E-state index contributed by atoms with van der Waals surface area (Å²) in [7, 11) is 0. The Bertz CT molecular complexity index is 433. The number of ketones is 1. The summed E-state index contributed by atoms with van der Waals surface area (Å²) in [6.07, 6.45) is 2.22. The number of hydrogen-bond acceptors (Lipinski definition) is 1. The van der Waals surface area contributed by atoms with Gasteiger partial charge in [0.25, 0.3) is 5.92 Å². The second-order valence-electron chi connectivity index (χ2n) is 3.31. The number of Topliss-reactive ketones (excluding diaryl/α,β-unsaturated/α-hetero) is 1. The number of hydrogen-bond donors (Lipinski definition) is 0. The lowest BCUT2D eigenvalue weighted by Crippen LogP contribution is -2.07. The van der Waals surface area contributed by atoms with E-state index < -0.39 is 5.92 Å². The van der Waals surface area contributed by atoms with Gasteiger partial charge in [0.2, 0.25) is 0 Å². The third kappa shape index (κ3) is 1.25. The SMILES string of the molecule is CC(=O)c1ccc2c(c1)C(F)(F)C=C2. The topological polar surface area (TPSA) is 17.1 Å². The van der Waals surface area contributed by atoms with Crippen LogP contribution in [0.1, 0.15) is 28.4 Å². The van der Waals surface area contributed by atoms with E-state index in [0.717, 1.165) is 6.08 Å². The van der Waals surface area contributed by atoms with Crippen LogP contribution in [0, 0.1) is 0 Å². The van der Waals surface area contributed by atoms with E-state index in [2.05, 4.69) is 0 Å². The molecule has 0 unspecified atom stereocenters. The molecule has 72 valence electrons. The molecule has 2 rings (SSSR count). The Morgan fingerprint density at radius 3 is 2.71 bits per heavy atom. The van der Waals surface area contributed by atoms with Crippen LogP contribution in [0.15, 0.2) is 24.3 Å². The van der Waals surface area contributed by atoms with Gasteiger partial charge in [-0.3, -0.25) is 4.79 Å². The van der Waals surface area contributed by atoms with E-state index in [4.69, 9.17) is 0 Å². The molecule has 1 aliphatic rings. The van der Waals surface area contributed by atoms with E-state index in [-0.39, 0.29) is 11.3 Å². The van der Waals surface area contributed by atoms with Gasteiger partial charge >= 0.3 is 0 Å². The maximum absolute atomic E-state index is 13.2. The molecular weight excluding hydrogens is 186 g/mol. The van der Waals surface area contributed by atoms with Crippen LogP contribution in [-0.2, 0) is 5.92 Å². The Balaban J connectivity index is 2.57. The highest BCUT2D eigenvalue weighted by Crippen LogP contribution is 2.38. The van der Waals surface area contributed by atoms with E-state index in [9.17, 15) is 13.6 Å². The lowest BCUT2D eigenvalue weighted by Gasteiger charge is -2.09. The summed E-state index contributed by atoms with van der Waals surface area (Å²) in [5.74, 6) is -3.13. The Morgan fingerprint density at radius 1 is 1.36 bits per heavy atom. The van der Waals surface area contributed by atoms with Gasteiger partial charge in [-0.15, -0.1) is 0 Å². The molecule has 0 radical (unpaired) electrons. The van der Waals surface area contributed by atoms with Gasteiger partial charge in [0.15, 0.2) is 5.78 Å². The number of carbonyl (C=O) groups excluding carboxylic acids is 1. The zero-order chi connectivity index (χ0) is 10.3. The largest absolute Gasteiger partial charge is 0.295 e. The number of benzene rings is 1. The minimum absolute atomic E-state index is 0.0785. The lowest BCUT2D eigenvalue weighted by molar-refractivity contribution is 0.0558. The molecule has 0 atom stereocenters. The molecule has 0 aliphatic heterocycles. The number of carbonyl (C=O) groups is 1. The van der Waals surface area contributed by atoms with E-state index in [0.29, 0.717) is 11.1 Å². The Hall–Kier alpha value is -1.51. The second-order valence-corrected chi connectivity index (χ2v) is 3.31. The van der Waals surface area contributed by atoms with Crippen LogP contribution in [0.4, 0.5) is 8.78 Å². The van der Waals surface area contributed by atoms with Crippen molar-refractivity contribution >= 4 is 11.9 Å². The number of fused-ring (bicyclic) bond motifs is 1. The maximum atomic E-state index is 13.2. The minimum Gasteiger partial charge on any atom is -0.295 e. The summed E-state index contributed by atoms with van der Waals surface area (Å²) >= 11 is 0. The highest BCUT2D eigenvalue weighted by atomic mass is 19.3. The van der Waals surface area contributed by atoms with E-state index in [1.165, 1.54) is 19.1 Å². The first-order valence-electron chi connectivity index (χ1n) is 4.23. The third-order valence-corrected chi connectivity index (χ3v) is 2.29. The molecule has 1 nitrogen and oxygen atoms in total. The predicted molar refractivity (Wildman–Crippen MR) is 49.4 cm³/mol. The normalized spacial score (nSPS) is 16.8. The molecule has 0 heterocycles. The quantitative estimate of drug-likeness (QED) is 0.628. The maximum Gasteiger partial charge on any atom is 0.292 e. The van der Waals surface area contributed by atoms with E-state index in [1.54, 1.807) is 12.1 Å². The predicted octanol–water partition coefficient (Wildman–Crippen LogP) is 3.01. The van der Waals surface area contributed by atoms with Crippen LogP contribution in [0.5, 0.6) is 0 Å². The average molecular weight is 194 g/mol. The van der Waals surface area contributed by atoms with Gasteiger partial charge in [-0.2, -0.15) is 8.78 Å². The van der Waals surface area contributed by atoms with Crippen molar-refractivity contribution in [2.45, 2.75) is 12.8 Å². The smallest absolute Gasteiger partial charge is 0.292 e. The molecule has 14 heavy (non-hydrogen) atoms. The number of alkyl halides is 2. The first kappa shape index (κ1) is 9.06. The van der Waals surface area contributed by atoms with E-state index in [1.807, 2.05) is 0 Å². The van der Waals surface area contributed by atoms with Crippen molar-refractivity contribution in [3.05, 3.63) is 41.0 Å². The molecule has 0 spiro atoms. The van der Waals surface area contributed by atoms with Crippen molar-refractivity contribution in [3.8, 4) is 0 Å². The van der Waals surface area contributed by atoms with Crippen LogP contribution < -0.4 is 0 Å². The van der Waals surface area contributed by atoms with Crippen molar-refractivity contribution in [3.63, 3.8) is 0 Å². The van der Waals surface area contributed by atoms with Crippen LogP contribution in [0.3, 0.4) is 0 Å². The molecule has 1 aromatic rings. The van der Waals surface area contributed by atoms with Gasteiger partial charge < -0.3 is 0 Å². The zero-order valence-electron chi connectivity index (χ0n) is 7.55. The second kappa shape index (κ2) is 2.74. The van der Waals surface area contributed by atoms with Crippen molar-refractivity contribution in [2.24, 2.45) is 0 Å². The van der Waals surface area contributed by atoms with Gasteiger partial charge in [-0.1, -0.05) is 18.2 Å². The zero-order valence-corrected chi connectivity index (χ0v) is 7.55. The first-order chi connectivity index (χ1) is 6.50. The molecule has 0 amide bonds. The van der Waals surface area contributed by atoms with Crippen molar-refractivity contribution < 1.29 is 13.6 Å². The van der Waals surface area contributed by atoms with Crippen molar-refractivity contribution in [1.82, 2.24) is 0 Å². The van der Waals surface area contributed by atoms with Crippen LogP contribution in [0.25, 0.3) is 6.08 Å². The van der Waals surface area contributed by atoms with Gasteiger partial charge in [0.05, 0.1) is 0 Å². The first-order valence-corrected chi connectivity index (χ1v) is 4.23. The summed E-state index contributed by atoms with van der Waals surface area (Å²) in [5.41, 5.74) is 0.734. The summed E-state index contributed by atoms with van der Waals surface area (Å²) in [4.78, 5) is 11.0. The monoisotopic (exact) mass is 194 g/mol. The summed E-state index contributed by atoms with van der Waals surface area (Å²) < 4.78 is 26.4. The van der Waals surface area contributed by atoms with Gasteiger partial charge in [0, 0.05) is 11.1 Å². The van der Waals surface area contributed by atoms with Crippen molar-refractivity contribution in [2.75, 3.05) is 0 Å². The molecule has 0 bridgehead atoms. The fraction of sp³-hybridized carbons (Fsp3) is 0.182. The lowest BCUT2D eigenvalue weighted by atomic mass is 10.0. The molecular formula is C11H8F2O. The average Bonchev–Trinajstić information content (AvgIpc) is 2.42. The fourth-order valence-corrected chi connectivity index (χ4v) is 1.49. The summed E-state index contributed by atoms with van der Waals surface area (Å²) in [6.45, 7) is 1.36. The molecule has 0 saturated heterocycles. The summed E-state index contributed by atoms with van der Waals surface area (Å²) in [6, 6.07) is 4.37. The van der Waals surface area contributed by atoms with Gasteiger partial charge in [-0.25, -0.2) is 0 Å². The Morgan fingerprint density at radius 2 is 2.07 bits per heavy atom. The molecule has 0 fully saturated rings. The highest BCUT2D eigenvalue weighted by Gasteiger charge is 2.34. The summed E-state index contributed by atoms with van der Waals surface area (Å²) in [5, 5.41) is 0. The Labute approximate surface area is 80.1 Å². The van der Waals surface area contributed by atoms with Crippen LogP contribution in [-0.4, -0.2) is 5.78 Å². The third-order valence-electron chi connectivity index (χ3n) is 2.29. The van der Waals surface area contributed by atoms with Crippen LogP contribution >= 0.6 is 0 Å². The molecule has 1 aliphatic carbocycles. The van der Waals surface area contributed by atoms with Gasteiger partial charge in [0.1, 0.15) is 0 Å². The van der Waals surface area contributed by atoms with E-state index >= 15 is 0 Å².